The standard InChI is InChI=1S/C22H21N5O4S/c23-12-21(7-8-21)27-32(28,29)15-1-2-16-17(11-15)26-20-18(16)19(24-13-25-20)14-3-5-22(6-4-14)30-9-10-31-22/h1-3,11,13,27H,4-10H2,(H,24,25,26). The van der Waals surface area contributed by atoms with Crippen LogP contribution >= 0.6 is 0 Å². The summed E-state index contributed by atoms with van der Waals surface area (Å²) >= 11 is 0. The van der Waals surface area contributed by atoms with Crippen LogP contribution in [-0.2, 0) is 19.5 Å². The molecule has 1 aliphatic heterocycles. The average Bonchev–Trinajstić information content (AvgIpc) is 3.24. The predicted octanol–water partition coefficient (Wildman–Crippen LogP) is 2.76. The lowest BCUT2D eigenvalue weighted by atomic mass is 9.91. The van der Waals surface area contributed by atoms with Crippen molar-refractivity contribution in [3.05, 3.63) is 36.3 Å². The molecule has 0 atom stereocenters. The Labute approximate surface area is 184 Å². The van der Waals surface area contributed by atoms with E-state index in [0.717, 1.165) is 34.9 Å². The highest BCUT2D eigenvalue weighted by atomic mass is 32.2. The van der Waals surface area contributed by atoms with Crippen molar-refractivity contribution in [2.45, 2.75) is 48.3 Å². The van der Waals surface area contributed by atoms with E-state index in [1.807, 2.05) is 0 Å². The molecule has 0 amide bonds. The van der Waals surface area contributed by atoms with Crippen LogP contribution < -0.4 is 4.72 Å². The summed E-state index contributed by atoms with van der Waals surface area (Å²) in [6.07, 6.45) is 6.90. The van der Waals surface area contributed by atoms with Crippen molar-refractivity contribution in [3.8, 4) is 6.07 Å². The summed E-state index contributed by atoms with van der Waals surface area (Å²) in [5.41, 5.74) is 2.28. The molecule has 2 aromatic heterocycles. The fourth-order valence-electron chi connectivity index (χ4n) is 4.58. The van der Waals surface area contributed by atoms with E-state index in [-0.39, 0.29) is 4.90 Å². The van der Waals surface area contributed by atoms with E-state index in [2.05, 4.69) is 31.8 Å². The number of aromatic nitrogens is 3. The first kappa shape index (κ1) is 19.8. The quantitative estimate of drug-likeness (QED) is 0.624. The summed E-state index contributed by atoms with van der Waals surface area (Å²) in [6, 6.07) is 6.98. The SMILES string of the molecule is N#CC1(NS(=O)(=O)c2ccc3c(c2)[nH]c2ncnc(C4=CCC5(CC4)OCCO5)c23)CC1. The predicted molar refractivity (Wildman–Crippen MR) is 116 cm³/mol. The third-order valence-electron chi connectivity index (χ3n) is 6.52. The third-order valence-corrected chi connectivity index (χ3v) is 8.05. The Kier molecular flexibility index (Phi) is 4.23. The van der Waals surface area contributed by atoms with Gasteiger partial charge in [0.25, 0.3) is 0 Å². The van der Waals surface area contributed by atoms with Crippen LogP contribution in [-0.4, -0.2) is 47.9 Å². The molecule has 1 spiro atoms. The topological polar surface area (TPSA) is 130 Å². The Bertz CT molecular complexity index is 1430. The molecule has 10 heteroatoms. The number of nitriles is 1. The zero-order chi connectivity index (χ0) is 22.0. The highest BCUT2D eigenvalue weighted by Gasteiger charge is 2.46. The van der Waals surface area contributed by atoms with Crippen LogP contribution in [0.3, 0.4) is 0 Å². The van der Waals surface area contributed by atoms with Gasteiger partial charge in [-0.15, -0.1) is 0 Å². The third kappa shape index (κ3) is 3.12. The van der Waals surface area contributed by atoms with Crippen LogP contribution in [0.25, 0.3) is 27.5 Å². The molecule has 32 heavy (non-hydrogen) atoms. The average molecular weight is 452 g/mol. The van der Waals surface area contributed by atoms with Gasteiger partial charge in [0.2, 0.25) is 10.0 Å². The molecule has 164 valence electrons. The number of nitrogens with one attached hydrogen (secondary N) is 2. The minimum Gasteiger partial charge on any atom is -0.347 e. The number of allylic oxidation sites excluding steroid dienone is 1. The maximum atomic E-state index is 12.8. The number of rotatable bonds is 4. The molecule has 2 N–H and O–H groups in total. The summed E-state index contributed by atoms with van der Waals surface area (Å²) in [5, 5.41) is 11.0. The van der Waals surface area contributed by atoms with E-state index in [9.17, 15) is 13.7 Å². The number of H-pyrrole nitrogens is 1. The minimum atomic E-state index is -3.81. The first-order valence-electron chi connectivity index (χ1n) is 10.6. The van der Waals surface area contributed by atoms with Gasteiger partial charge >= 0.3 is 0 Å². The van der Waals surface area contributed by atoms with Crippen LogP contribution in [0.15, 0.2) is 35.5 Å². The molecule has 0 radical (unpaired) electrons. The number of fused-ring (bicyclic) bond motifs is 3. The Hall–Kier alpha value is -2.84. The Morgan fingerprint density at radius 3 is 2.66 bits per heavy atom. The first-order chi connectivity index (χ1) is 15.4. The van der Waals surface area contributed by atoms with E-state index >= 15 is 0 Å². The zero-order valence-corrected chi connectivity index (χ0v) is 18.0. The number of benzene rings is 1. The summed E-state index contributed by atoms with van der Waals surface area (Å²) in [4.78, 5) is 12.3. The molecule has 0 unspecified atom stereocenters. The first-order valence-corrected chi connectivity index (χ1v) is 12.1. The molecule has 3 aromatic rings. The number of hydrogen-bond acceptors (Lipinski definition) is 7. The Morgan fingerprint density at radius 1 is 1.16 bits per heavy atom. The lowest BCUT2D eigenvalue weighted by Gasteiger charge is -2.30. The number of hydrogen-bond donors (Lipinski definition) is 2. The van der Waals surface area contributed by atoms with E-state index in [1.54, 1.807) is 18.2 Å². The molecule has 2 aliphatic carbocycles. The Balaban J connectivity index is 1.40. The molecule has 6 rings (SSSR count). The molecule has 3 aliphatic rings. The van der Waals surface area contributed by atoms with Crippen molar-refractivity contribution in [3.63, 3.8) is 0 Å². The summed E-state index contributed by atoms with van der Waals surface area (Å²) in [6.45, 7) is 1.25. The molecule has 2 fully saturated rings. The summed E-state index contributed by atoms with van der Waals surface area (Å²) < 4.78 is 39.8. The maximum Gasteiger partial charge on any atom is 0.242 e. The molecule has 1 saturated carbocycles. The van der Waals surface area contributed by atoms with Gasteiger partial charge in [0.1, 0.15) is 17.5 Å². The van der Waals surface area contributed by atoms with Gasteiger partial charge in [0, 0.05) is 23.7 Å². The molecule has 9 nitrogen and oxygen atoms in total. The van der Waals surface area contributed by atoms with E-state index < -0.39 is 21.3 Å². The van der Waals surface area contributed by atoms with E-state index in [1.165, 1.54) is 6.33 Å². The van der Waals surface area contributed by atoms with E-state index in [0.29, 0.717) is 43.6 Å². The molecular formula is C22H21N5O4S. The van der Waals surface area contributed by atoms with Gasteiger partial charge in [-0.2, -0.15) is 9.98 Å². The zero-order valence-electron chi connectivity index (χ0n) is 17.2. The molecule has 3 heterocycles. The summed E-state index contributed by atoms with van der Waals surface area (Å²) in [7, 11) is -3.81. The van der Waals surface area contributed by atoms with Crippen molar-refractivity contribution in [2.75, 3.05) is 13.2 Å². The smallest absolute Gasteiger partial charge is 0.242 e. The summed E-state index contributed by atoms with van der Waals surface area (Å²) in [5.74, 6) is -0.505. The van der Waals surface area contributed by atoms with Gasteiger partial charge < -0.3 is 14.5 Å². The van der Waals surface area contributed by atoms with Crippen molar-refractivity contribution >= 4 is 37.5 Å². The van der Waals surface area contributed by atoms with Crippen molar-refractivity contribution in [1.29, 1.82) is 5.26 Å². The maximum absolute atomic E-state index is 12.8. The number of sulfonamides is 1. The van der Waals surface area contributed by atoms with Gasteiger partial charge in [-0.1, -0.05) is 12.1 Å². The van der Waals surface area contributed by atoms with Crippen LogP contribution in [0.2, 0.25) is 0 Å². The minimum absolute atomic E-state index is 0.113. The normalized spacial score (nSPS) is 21.7. The van der Waals surface area contributed by atoms with Gasteiger partial charge in [0.05, 0.1) is 35.3 Å². The number of aromatic amines is 1. The van der Waals surface area contributed by atoms with Crippen molar-refractivity contribution in [1.82, 2.24) is 19.7 Å². The van der Waals surface area contributed by atoms with Crippen molar-refractivity contribution in [2.24, 2.45) is 0 Å². The monoisotopic (exact) mass is 451 g/mol. The molecule has 0 bridgehead atoms. The number of nitrogens with zero attached hydrogens (tertiary/aromatic N) is 3. The van der Waals surface area contributed by atoms with Gasteiger partial charge in [-0.3, -0.25) is 0 Å². The van der Waals surface area contributed by atoms with E-state index in [4.69, 9.17) is 9.47 Å². The van der Waals surface area contributed by atoms with Gasteiger partial charge in [-0.05, 0) is 37.0 Å². The number of ether oxygens (including phenoxy) is 2. The highest BCUT2D eigenvalue weighted by molar-refractivity contribution is 7.89. The van der Waals surface area contributed by atoms with Gasteiger partial charge in [0.15, 0.2) is 5.79 Å². The second kappa shape index (κ2) is 6.83. The fourth-order valence-corrected chi connectivity index (χ4v) is 5.98. The second-order valence-electron chi connectivity index (χ2n) is 8.62. The van der Waals surface area contributed by atoms with Crippen molar-refractivity contribution < 1.29 is 17.9 Å². The molecule has 1 aromatic carbocycles. The van der Waals surface area contributed by atoms with Crippen LogP contribution in [0, 0.1) is 11.3 Å². The van der Waals surface area contributed by atoms with Crippen LogP contribution in [0.4, 0.5) is 0 Å². The lowest BCUT2D eigenvalue weighted by Crippen LogP contribution is -2.35. The molecular weight excluding hydrogens is 430 g/mol. The second-order valence-corrected chi connectivity index (χ2v) is 10.3. The Morgan fingerprint density at radius 2 is 1.97 bits per heavy atom. The largest absolute Gasteiger partial charge is 0.347 e. The van der Waals surface area contributed by atoms with Crippen LogP contribution in [0.1, 0.15) is 37.8 Å². The lowest BCUT2D eigenvalue weighted by molar-refractivity contribution is -0.159. The highest BCUT2D eigenvalue weighted by Crippen LogP contribution is 2.41. The fraction of sp³-hybridized carbons (Fsp3) is 0.409. The molecule has 1 saturated heterocycles. The van der Waals surface area contributed by atoms with Crippen LogP contribution in [0.5, 0.6) is 0 Å². The van der Waals surface area contributed by atoms with Gasteiger partial charge in [-0.25, -0.2) is 18.4 Å².